The van der Waals surface area contributed by atoms with Gasteiger partial charge in [0.25, 0.3) is 0 Å². The molecule has 0 N–H and O–H groups in total. The Morgan fingerprint density at radius 2 is 0.650 bits per heavy atom. The Morgan fingerprint density at radius 1 is 0.350 bits per heavy atom. The van der Waals surface area contributed by atoms with Gasteiger partial charge in [0, 0.05) is 12.8 Å². The summed E-state index contributed by atoms with van der Waals surface area (Å²) in [6, 6.07) is 0. The Labute approximate surface area is 372 Å². The van der Waals surface area contributed by atoms with E-state index in [9.17, 15) is 14.4 Å². The van der Waals surface area contributed by atoms with E-state index in [1.807, 2.05) is 6.08 Å². The summed E-state index contributed by atoms with van der Waals surface area (Å²) in [5.41, 5.74) is 0. The van der Waals surface area contributed by atoms with Gasteiger partial charge in [-0.15, -0.1) is 0 Å². The largest absolute Gasteiger partial charge is 0.462 e. The lowest BCUT2D eigenvalue weighted by Gasteiger charge is -2.18. The molecule has 0 aromatic heterocycles. The van der Waals surface area contributed by atoms with E-state index in [0.717, 1.165) is 57.8 Å². The number of ether oxygens (including phenoxy) is 3. The molecule has 0 heterocycles. The molecular weight excluding hydrogens is 745 g/mol. The van der Waals surface area contributed by atoms with Crippen LogP contribution in [0.2, 0.25) is 0 Å². The van der Waals surface area contributed by atoms with Crippen molar-refractivity contribution >= 4 is 17.9 Å². The predicted octanol–water partition coefficient (Wildman–Crippen LogP) is 16.9. The Bertz CT molecular complexity index is 1020. The van der Waals surface area contributed by atoms with Crippen molar-refractivity contribution in [3.8, 4) is 0 Å². The number of allylic oxidation sites excluding steroid dienone is 5. The van der Waals surface area contributed by atoms with Crippen LogP contribution in [0.25, 0.3) is 0 Å². The third-order valence-electron chi connectivity index (χ3n) is 11.4. The summed E-state index contributed by atoms with van der Waals surface area (Å²) < 4.78 is 16.7. The molecule has 60 heavy (non-hydrogen) atoms. The summed E-state index contributed by atoms with van der Waals surface area (Å²) in [6.07, 6.45) is 57.4. The molecule has 0 saturated carbocycles. The smallest absolute Gasteiger partial charge is 0.309 e. The zero-order valence-electron chi connectivity index (χ0n) is 40.0. The number of carbonyl (C=O) groups is 3. The lowest BCUT2D eigenvalue weighted by atomic mass is 10.0. The van der Waals surface area contributed by atoms with Gasteiger partial charge in [0.15, 0.2) is 6.10 Å². The Balaban J connectivity index is 4.30. The summed E-state index contributed by atoms with van der Waals surface area (Å²) >= 11 is 0. The first kappa shape index (κ1) is 57.6. The highest BCUT2D eigenvalue weighted by atomic mass is 16.6. The maximum atomic E-state index is 12.8. The molecule has 350 valence electrons. The van der Waals surface area contributed by atoms with Gasteiger partial charge in [-0.25, -0.2) is 0 Å². The fourth-order valence-corrected chi connectivity index (χ4v) is 7.56. The highest BCUT2D eigenvalue weighted by molar-refractivity contribution is 5.72. The van der Waals surface area contributed by atoms with Crippen molar-refractivity contribution < 1.29 is 28.6 Å². The minimum atomic E-state index is -0.801. The minimum absolute atomic E-state index is 0.0944. The zero-order valence-corrected chi connectivity index (χ0v) is 40.0. The number of hydrogen-bond acceptors (Lipinski definition) is 6. The highest BCUT2D eigenvalue weighted by Gasteiger charge is 2.19. The molecule has 0 aromatic carbocycles. The Morgan fingerprint density at radius 3 is 1.02 bits per heavy atom. The molecule has 0 radical (unpaired) electrons. The van der Waals surface area contributed by atoms with Crippen LogP contribution in [0.4, 0.5) is 0 Å². The van der Waals surface area contributed by atoms with Crippen molar-refractivity contribution in [2.24, 2.45) is 0 Å². The minimum Gasteiger partial charge on any atom is -0.462 e. The van der Waals surface area contributed by atoms with Crippen LogP contribution in [0.3, 0.4) is 0 Å². The van der Waals surface area contributed by atoms with Gasteiger partial charge in [-0.05, 0) is 32.1 Å². The molecule has 0 aliphatic carbocycles. The normalized spacial score (nSPS) is 12.2. The molecule has 1 atom stereocenters. The van der Waals surface area contributed by atoms with Gasteiger partial charge in [-0.1, -0.05) is 256 Å². The molecular formula is C54H98O6. The second kappa shape index (κ2) is 49.3. The van der Waals surface area contributed by atoms with Crippen LogP contribution < -0.4 is 0 Å². The van der Waals surface area contributed by atoms with E-state index in [2.05, 4.69) is 45.1 Å². The molecule has 1 unspecified atom stereocenters. The molecule has 0 rings (SSSR count). The van der Waals surface area contributed by atoms with Crippen LogP contribution in [-0.4, -0.2) is 37.2 Å². The number of unbranched alkanes of at least 4 members (excludes halogenated alkanes) is 31. The lowest BCUT2D eigenvalue weighted by Crippen LogP contribution is -2.30. The zero-order chi connectivity index (χ0) is 43.7. The summed E-state index contributed by atoms with van der Waals surface area (Å²) in [5, 5.41) is 0. The van der Waals surface area contributed by atoms with Crippen LogP contribution in [0.1, 0.15) is 271 Å². The molecule has 0 aliphatic heterocycles. The van der Waals surface area contributed by atoms with E-state index >= 15 is 0 Å². The Kier molecular flexibility index (Phi) is 47.3. The third-order valence-corrected chi connectivity index (χ3v) is 11.4. The van der Waals surface area contributed by atoms with Crippen molar-refractivity contribution in [2.75, 3.05) is 13.2 Å². The summed E-state index contributed by atoms with van der Waals surface area (Å²) in [6.45, 7) is 6.46. The van der Waals surface area contributed by atoms with Crippen LogP contribution in [-0.2, 0) is 28.6 Å². The van der Waals surface area contributed by atoms with Gasteiger partial charge < -0.3 is 14.2 Å². The van der Waals surface area contributed by atoms with Crippen LogP contribution in [0, 0.1) is 0 Å². The van der Waals surface area contributed by atoms with Crippen LogP contribution in [0.15, 0.2) is 36.5 Å². The average molecular weight is 843 g/mol. The van der Waals surface area contributed by atoms with Crippen LogP contribution in [0.5, 0.6) is 0 Å². The van der Waals surface area contributed by atoms with Gasteiger partial charge in [0.05, 0.1) is 6.42 Å². The summed E-state index contributed by atoms with van der Waals surface area (Å²) in [4.78, 5) is 37.8. The number of hydrogen-bond donors (Lipinski definition) is 0. The molecule has 0 fully saturated rings. The van der Waals surface area contributed by atoms with Gasteiger partial charge in [0.2, 0.25) is 0 Å². The topological polar surface area (TPSA) is 78.9 Å². The SMILES string of the molecule is CC/C=C\C/C=C\C/C=C\CC(=O)OCC(COC(=O)CCCCCCCCCCCCCCCCCCC)OC(=O)CCCCCCCCCCCCCCCCCC. The van der Waals surface area contributed by atoms with Crippen molar-refractivity contribution in [1.29, 1.82) is 0 Å². The van der Waals surface area contributed by atoms with E-state index in [-0.39, 0.29) is 31.6 Å². The lowest BCUT2D eigenvalue weighted by molar-refractivity contribution is -0.166. The molecule has 6 nitrogen and oxygen atoms in total. The van der Waals surface area contributed by atoms with Crippen molar-refractivity contribution in [2.45, 2.75) is 277 Å². The second-order valence-corrected chi connectivity index (χ2v) is 17.4. The standard InChI is InChI=1S/C54H98O6/c1-4-7-10-13-16-19-21-23-25-27-29-30-32-35-38-41-44-47-53(56)59-50-51(49-58-52(55)46-43-40-37-34-18-15-12-9-6-3)60-54(57)48-45-42-39-36-33-31-28-26-24-22-20-17-14-11-8-5-2/h9,12,18,34,40,43,51H,4-8,10-11,13-17,19-33,35-39,41-42,44-50H2,1-3H3/b12-9-,34-18-,43-40-. The fourth-order valence-electron chi connectivity index (χ4n) is 7.56. The monoisotopic (exact) mass is 843 g/mol. The Hall–Kier alpha value is -2.37. The van der Waals surface area contributed by atoms with E-state index in [4.69, 9.17) is 14.2 Å². The van der Waals surface area contributed by atoms with E-state index in [1.165, 1.54) is 173 Å². The molecule has 0 aromatic rings. The maximum Gasteiger partial charge on any atom is 0.309 e. The fraction of sp³-hybridized carbons (Fsp3) is 0.833. The molecule has 6 heteroatoms. The first-order valence-electron chi connectivity index (χ1n) is 26.0. The van der Waals surface area contributed by atoms with E-state index in [0.29, 0.717) is 12.8 Å². The molecule has 0 spiro atoms. The second-order valence-electron chi connectivity index (χ2n) is 17.4. The van der Waals surface area contributed by atoms with Crippen LogP contribution >= 0.6 is 0 Å². The number of rotatable bonds is 47. The quantitative estimate of drug-likeness (QED) is 0.0263. The molecule has 0 bridgehead atoms. The predicted molar refractivity (Wildman–Crippen MR) is 256 cm³/mol. The summed E-state index contributed by atoms with van der Waals surface area (Å²) in [5.74, 6) is -1.01. The van der Waals surface area contributed by atoms with Gasteiger partial charge in [0.1, 0.15) is 13.2 Å². The average Bonchev–Trinajstić information content (AvgIpc) is 3.24. The molecule has 0 aliphatic rings. The van der Waals surface area contributed by atoms with Gasteiger partial charge >= 0.3 is 17.9 Å². The van der Waals surface area contributed by atoms with Gasteiger partial charge in [-0.2, -0.15) is 0 Å². The van der Waals surface area contributed by atoms with Gasteiger partial charge in [-0.3, -0.25) is 14.4 Å². The van der Waals surface area contributed by atoms with Crippen molar-refractivity contribution in [1.82, 2.24) is 0 Å². The van der Waals surface area contributed by atoms with Crippen molar-refractivity contribution in [3.05, 3.63) is 36.5 Å². The first-order chi connectivity index (χ1) is 29.5. The van der Waals surface area contributed by atoms with E-state index in [1.54, 1.807) is 6.08 Å². The maximum absolute atomic E-state index is 12.8. The molecule has 0 amide bonds. The highest BCUT2D eigenvalue weighted by Crippen LogP contribution is 2.16. The molecule has 0 saturated heterocycles. The third kappa shape index (κ3) is 46.7. The number of esters is 3. The summed E-state index contributed by atoms with van der Waals surface area (Å²) in [7, 11) is 0. The van der Waals surface area contributed by atoms with E-state index < -0.39 is 12.1 Å². The number of carbonyl (C=O) groups excluding carboxylic acids is 3. The van der Waals surface area contributed by atoms with Crippen molar-refractivity contribution in [3.63, 3.8) is 0 Å². The first-order valence-corrected chi connectivity index (χ1v) is 26.0.